The highest BCUT2D eigenvalue weighted by Gasteiger charge is 2.23. The predicted molar refractivity (Wildman–Crippen MR) is 73.9 cm³/mol. The number of nitrogens with one attached hydrogen (secondary N) is 1. The Hall–Kier alpha value is -2.18. The number of hydrogen-bond donors (Lipinski definition) is 1. The van der Waals surface area contributed by atoms with Crippen LogP contribution in [-0.4, -0.2) is 45.2 Å². The minimum Gasteiger partial charge on any atom is -0.346 e. The van der Waals surface area contributed by atoms with Crippen molar-refractivity contribution < 1.29 is 9.59 Å². The van der Waals surface area contributed by atoms with Crippen LogP contribution in [0.2, 0.25) is 0 Å². The third-order valence-electron chi connectivity index (χ3n) is 3.29. The zero-order chi connectivity index (χ0) is 14.5. The van der Waals surface area contributed by atoms with Crippen LogP contribution >= 0.6 is 0 Å². The summed E-state index contributed by atoms with van der Waals surface area (Å²) in [5, 5.41) is 8.20. The lowest BCUT2D eigenvalue weighted by Crippen LogP contribution is -2.43. The van der Waals surface area contributed by atoms with Crippen molar-refractivity contribution in [3.63, 3.8) is 0 Å². The third kappa shape index (κ3) is 3.43. The van der Waals surface area contributed by atoms with Crippen LogP contribution in [0.15, 0.2) is 23.8 Å². The lowest BCUT2D eigenvalue weighted by atomic mass is 10.1. The Morgan fingerprint density at radius 1 is 1.50 bits per heavy atom. The molecule has 1 aromatic rings. The van der Waals surface area contributed by atoms with E-state index < -0.39 is 0 Å². The molecule has 1 aliphatic heterocycles. The summed E-state index contributed by atoms with van der Waals surface area (Å²) < 4.78 is 1.92. The average molecular weight is 277 g/mol. The van der Waals surface area contributed by atoms with Crippen LogP contribution in [0.1, 0.15) is 26.2 Å². The molecule has 0 aliphatic carbocycles. The Morgan fingerprint density at radius 3 is 2.90 bits per heavy atom. The molecule has 0 aromatic carbocycles. The van der Waals surface area contributed by atoms with Gasteiger partial charge in [0, 0.05) is 44.9 Å². The predicted octanol–water partition coefficient (Wildman–Crippen LogP) is 0.386. The molecule has 7 heteroatoms. The maximum absolute atomic E-state index is 12.1. The standard InChI is InChI=1S/C13H19N5O2/c1-3-10(8-18-7-6-14-9-18)15-13(20)11-4-5-12(19)17(2)16-11/h6-7,9-10H,3-5,8H2,1-2H3,(H,15,20)/t10-/m0/s1. The summed E-state index contributed by atoms with van der Waals surface area (Å²) in [6.45, 7) is 2.69. The molecule has 20 heavy (non-hydrogen) atoms. The van der Waals surface area contributed by atoms with E-state index in [4.69, 9.17) is 0 Å². The number of carbonyl (C=O) groups excluding carboxylic acids is 2. The summed E-state index contributed by atoms with van der Waals surface area (Å²) in [4.78, 5) is 27.5. The molecular weight excluding hydrogens is 258 g/mol. The van der Waals surface area contributed by atoms with Gasteiger partial charge in [-0.1, -0.05) is 6.92 Å². The summed E-state index contributed by atoms with van der Waals surface area (Å²) in [5.41, 5.74) is 0.413. The van der Waals surface area contributed by atoms with E-state index in [9.17, 15) is 9.59 Å². The number of hydrazone groups is 1. The smallest absolute Gasteiger partial charge is 0.267 e. The highest BCUT2D eigenvalue weighted by molar-refractivity contribution is 6.39. The minimum absolute atomic E-state index is 0.0161. The van der Waals surface area contributed by atoms with E-state index in [0.29, 0.717) is 25.1 Å². The van der Waals surface area contributed by atoms with E-state index in [1.54, 1.807) is 19.6 Å². The zero-order valence-corrected chi connectivity index (χ0v) is 11.7. The Balaban J connectivity index is 1.95. The van der Waals surface area contributed by atoms with Gasteiger partial charge in [0.25, 0.3) is 5.91 Å². The SMILES string of the molecule is CC[C@@H](Cn1ccnc1)NC(=O)C1=NN(C)C(=O)CC1. The van der Waals surface area contributed by atoms with E-state index in [-0.39, 0.29) is 17.9 Å². The number of hydrogen-bond acceptors (Lipinski definition) is 4. The van der Waals surface area contributed by atoms with Crippen molar-refractivity contribution in [2.45, 2.75) is 38.8 Å². The first-order chi connectivity index (χ1) is 9.60. The van der Waals surface area contributed by atoms with E-state index in [0.717, 1.165) is 6.42 Å². The Morgan fingerprint density at radius 2 is 2.30 bits per heavy atom. The van der Waals surface area contributed by atoms with Crippen LogP contribution in [0, 0.1) is 0 Å². The molecule has 108 valence electrons. The van der Waals surface area contributed by atoms with Crippen molar-refractivity contribution in [3.8, 4) is 0 Å². The molecule has 1 aliphatic rings. The molecule has 7 nitrogen and oxygen atoms in total. The van der Waals surface area contributed by atoms with Gasteiger partial charge in [-0.05, 0) is 6.42 Å². The molecule has 0 unspecified atom stereocenters. The second-order valence-corrected chi connectivity index (χ2v) is 4.80. The Bertz CT molecular complexity index is 509. The number of aromatic nitrogens is 2. The maximum Gasteiger partial charge on any atom is 0.267 e. The summed E-state index contributed by atoms with van der Waals surface area (Å²) in [6.07, 6.45) is 6.84. The normalized spacial score (nSPS) is 16.8. The molecule has 2 amide bonds. The van der Waals surface area contributed by atoms with Gasteiger partial charge in [-0.3, -0.25) is 9.59 Å². The van der Waals surface area contributed by atoms with Crippen molar-refractivity contribution >= 4 is 17.5 Å². The number of imidazole rings is 1. The first kappa shape index (κ1) is 14.2. The molecule has 2 heterocycles. The Kier molecular flexibility index (Phi) is 4.49. The van der Waals surface area contributed by atoms with E-state index in [2.05, 4.69) is 15.4 Å². The molecule has 2 rings (SSSR count). The van der Waals surface area contributed by atoms with E-state index >= 15 is 0 Å². The minimum atomic E-state index is -0.198. The molecule has 0 bridgehead atoms. The molecule has 0 saturated carbocycles. The molecule has 1 aromatic heterocycles. The largest absolute Gasteiger partial charge is 0.346 e. The van der Waals surface area contributed by atoms with Crippen LogP contribution in [0.3, 0.4) is 0 Å². The van der Waals surface area contributed by atoms with Crippen molar-refractivity contribution in [1.82, 2.24) is 19.9 Å². The summed E-state index contributed by atoms with van der Waals surface area (Å²) in [7, 11) is 1.57. The van der Waals surface area contributed by atoms with Crippen molar-refractivity contribution in [1.29, 1.82) is 0 Å². The van der Waals surface area contributed by atoms with E-state index in [1.165, 1.54) is 5.01 Å². The van der Waals surface area contributed by atoms with Gasteiger partial charge >= 0.3 is 0 Å². The number of carbonyl (C=O) groups is 2. The molecule has 0 spiro atoms. The van der Waals surface area contributed by atoms with Gasteiger partial charge < -0.3 is 9.88 Å². The zero-order valence-electron chi connectivity index (χ0n) is 11.7. The third-order valence-corrected chi connectivity index (χ3v) is 3.29. The highest BCUT2D eigenvalue weighted by Crippen LogP contribution is 2.07. The van der Waals surface area contributed by atoms with Crippen molar-refractivity contribution in [2.75, 3.05) is 7.05 Å². The molecule has 1 N–H and O–H groups in total. The topological polar surface area (TPSA) is 79.6 Å². The fourth-order valence-electron chi connectivity index (χ4n) is 2.03. The maximum atomic E-state index is 12.1. The molecule has 1 atom stereocenters. The van der Waals surface area contributed by atoms with Crippen molar-refractivity contribution in [2.24, 2.45) is 5.10 Å². The van der Waals surface area contributed by atoms with Crippen molar-refractivity contribution in [3.05, 3.63) is 18.7 Å². The summed E-state index contributed by atoms with van der Waals surface area (Å²) >= 11 is 0. The van der Waals surface area contributed by atoms with Crippen LogP contribution in [0.5, 0.6) is 0 Å². The van der Waals surface area contributed by atoms with E-state index in [1.807, 2.05) is 17.7 Å². The summed E-state index contributed by atoms with van der Waals surface area (Å²) in [5.74, 6) is -0.261. The molecular formula is C13H19N5O2. The number of amides is 2. The first-order valence-corrected chi connectivity index (χ1v) is 6.70. The van der Waals surface area contributed by atoms with Gasteiger partial charge in [-0.15, -0.1) is 0 Å². The average Bonchev–Trinajstić information content (AvgIpc) is 2.93. The van der Waals surface area contributed by atoms with Gasteiger partial charge in [0.1, 0.15) is 5.71 Å². The van der Waals surface area contributed by atoms with Gasteiger partial charge in [0.15, 0.2) is 0 Å². The first-order valence-electron chi connectivity index (χ1n) is 6.70. The van der Waals surface area contributed by atoms with Gasteiger partial charge in [-0.25, -0.2) is 9.99 Å². The van der Waals surface area contributed by atoms with Crippen LogP contribution in [-0.2, 0) is 16.1 Å². The lowest BCUT2D eigenvalue weighted by Gasteiger charge is -2.22. The molecule has 0 radical (unpaired) electrons. The molecule has 0 fully saturated rings. The lowest BCUT2D eigenvalue weighted by molar-refractivity contribution is -0.130. The highest BCUT2D eigenvalue weighted by atomic mass is 16.2. The number of rotatable bonds is 5. The number of nitrogens with zero attached hydrogens (tertiary/aromatic N) is 4. The summed E-state index contributed by atoms with van der Waals surface area (Å²) in [6, 6.07) is 0.0161. The molecule has 0 saturated heterocycles. The van der Waals surface area contributed by atoms with Crippen LogP contribution < -0.4 is 5.32 Å². The Labute approximate surface area is 117 Å². The second-order valence-electron chi connectivity index (χ2n) is 4.80. The quantitative estimate of drug-likeness (QED) is 0.845. The fourth-order valence-corrected chi connectivity index (χ4v) is 2.03. The van der Waals surface area contributed by atoms with Crippen LogP contribution in [0.25, 0.3) is 0 Å². The fraction of sp³-hybridized carbons (Fsp3) is 0.538. The van der Waals surface area contributed by atoms with Crippen LogP contribution in [0.4, 0.5) is 0 Å². The second kappa shape index (κ2) is 6.31. The van der Waals surface area contributed by atoms with Gasteiger partial charge in [0.05, 0.1) is 6.33 Å². The van der Waals surface area contributed by atoms with Gasteiger partial charge in [-0.2, -0.15) is 5.10 Å². The van der Waals surface area contributed by atoms with Gasteiger partial charge in [0.2, 0.25) is 5.91 Å². The monoisotopic (exact) mass is 277 g/mol.